The molecule has 5 nitrogen and oxygen atoms in total. The maximum atomic E-state index is 14.6. The SMILES string of the molecule is Cc1ncc(C(=O)N2CCCC2(c2c[nH]c3ccccc23)C(F)(F)F)c(C)n1. The fourth-order valence-electron chi connectivity index (χ4n) is 4.17. The number of fused-ring (bicyclic) bond motifs is 1. The van der Waals surface area contributed by atoms with Gasteiger partial charge in [-0.05, 0) is 32.8 Å². The summed E-state index contributed by atoms with van der Waals surface area (Å²) in [6.45, 7) is 3.30. The normalized spacial score (nSPS) is 20.1. The van der Waals surface area contributed by atoms with Crippen molar-refractivity contribution in [1.29, 1.82) is 0 Å². The molecule has 146 valence electrons. The molecule has 0 radical (unpaired) electrons. The Morgan fingerprint density at radius 2 is 2.00 bits per heavy atom. The van der Waals surface area contributed by atoms with E-state index in [2.05, 4.69) is 15.0 Å². The second kappa shape index (κ2) is 6.32. The van der Waals surface area contributed by atoms with Crippen LogP contribution >= 0.6 is 0 Å². The highest BCUT2D eigenvalue weighted by atomic mass is 19.4. The van der Waals surface area contributed by atoms with E-state index in [-0.39, 0.29) is 30.5 Å². The molecule has 0 aliphatic carbocycles. The second-order valence-corrected chi connectivity index (χ2v) is 7.08. The van der Waals surface area contributed by atoms with E-state index in [4.69, 9.17) is 0 Å². The van der Waals surface area contributed by atoms with Gasteiger partial charge in [0.2, 0.25) is 0 Å². The molecule has 1 fully saturated rings. The van der Waals surface area contributed by atoms with Gasteiger partial charge >= 0.3 is 6.18 Å². The number of carbonyl (C=O) groups is 1. The van der Waals surface area contributed by atoms with Gasteiger partial charge in [-0.15, -0.1) is 0 Å². The maximum absolute atomic E-state index is 14.6. The molecule has 1 unspecified atom stereocenters. The smallest absolute Gasteiger partial charge is 0.361 e. The van der Waals surface area contributed by atoms with Gasteiger partial charge in [0.25, 0.3) is 5.91 Å². The fourth-order valence-corrected chi connectivity index (χ4v) is 4.17. The molecule has 1 aromatic carbocycles. The molecule has 8 heteroatoms. The summed E-state index contributed by atoms with van der Waals surface area (Å²) in [6.07, 6.45) is -1.87. The van der Waals surface area contributed by atoms with Crippen LogP contribution in [0.15, 0.2) is 36.7 Å². The molecule has 3 heterocycles. The van der Waals surface area contributed by atoms with Crippen molar-refractivity contribution in [2.45, 2.75) is 38.4 Å². The summed E-state index contributed by atoms with van der Waals surface area (Å²) in [6, 6.07) is 6.83. The number of nitrogens with zero attached hydrogens (tertiary/aromatic N) is 3. The van der Waals surface area contributed by atoms with Gasteiger partial charge in [0.05, 0.1) is 11.3 Å². The molecule has 2 aromatic heterocycles. The van der Waals surface area contributed by atoms with E-state index < -0.39 is 17.6 Å². The molecule has 1 aliphatic heterocycles. The third kappa shape index (κ3) is 2.58. The highest BCUT2D eigenvalue weighted by Crippen LogP contribution is 2.52. The van der Waals surface area contributed by atoms with Crippen LogP contribution in [0.1, 0.15) is 40.3 Å². The van der Waals surface area contributed by atoms with Crippen LogP contribution < -0.4 is 0 Å². The van der Waals surface area contributed by atoms with Gasteiger partial charge in [-0.3, -0.25) is 4.79 Å². The number of hydrogen-bond donors (Lipinski definition) is 1. The van der Waals surface area contributed by atoms with Crippen LogP contribution in [0.3, 0.4) is 0 Å². The number of aryl methyl sites for hydroxylation is 2. The molecule has 0 spiro atoms. The average molecular weight is 388 g/mol. The number of aromatic nitrogens is 3. The molecule has 1 saturated heterocycles. The Morgan fingerprint density at radius 1 is 1.25 bits per heavy atom. The number of alkyl halides is 3. The maximum Gasteiger partial charge on any atom is 0.416 e. The van der Waals surface area contributed by atoms with Gasteiger partial charge < -0.3 is 9.88 Å². The topological polar surface area (TPSA) is 61.9 Å². The zero-order valence-electron chi connectivity index (χ0n) is 15.5. The Balaban J connectivity index is 1.90. The van der Waals surface area contributed by atoms with Crippen molar-refractivity contribution in [3.8, 4) is 0 Å². The van der Waals surface area contributed by atoms with Crippen molar-refractivity contribution in [3.63, 3.8) is 0 Å². The Morgan fingerprint density at radius 3 is 2.71 bits per heavy atom. The summed E-state index contributed by atoms with van der Waals surface area (Å²) in [5, 5.41) is 0.469. The van der Waals surface area contributed by atoms with Crippen LogP contribution in [0.25, 0.3) is 10.9 Å². The quantitative estimate of drug-likeness (QED) is 0.713. The predicted molar refractivity (Wildman–Crippen MR) is 97.8 cm³/mol. The number of nitrogens with one attached hydrogen (secondary N) is 1. The lowest BCUT2D eigenvalue weighted by molar-refractivity contribution is -0.220. The van der Waals surface area contributed by atoms with Crippen LogP contribution in [0, 0.1) is 13.8 Å². The first-order chi connectivity index (χ1) is 13.3. The van der Waals surface area contributed by atoms with Crippen molar-refractivity contribution in [2.24, 2.45) is 0 Å². The molecule has 0 saturated carbocycles. The standard InChI is InChI=1S/C20H19F3N4O/c1-12-15(10-24-13(2)26-12)18(28)27-9-5-8-19(27,20(21,22)23)16-11-25-17-7-4-3-6-14(16)17/h3-4,6-7,10-11,25H,5,8-9H2,1-2H3. The summed E-state index contributed by atoms with van der Waals surface area (Å²) in [4.78, 5) is 25.2. The Kier molecular flexibility index (Phi) is 4.17. The zero-order chi connectivity index (χ0) is 20.1. The lowest BCUT2D eigenvalue weighted by Crippen LogP contribution is -2.54. The number of aromatic amines is 1. The monoisotopic (exact) mass is 388 g/mol. The molecule has 1 amide bonds. The number of halogens is 3. The first-order valence-corrected chi connectivity index (χ1v) is 9.01. The van der Waals surface area contributed by atoms with E-state index in [0.29, 0.717) is 22.4 Å². The van der Waals surface area contributed by atoms with E-state index in [9.17, 15) is 18.0 Å². The van der Waals surface area contributed by atoms with Gasteiger partial charge in [0.1, 0.15) is 5.82 Å². The van der Waals surface area contributed by atoms with Crippen molar-refractivity contribution >= 4 is 16.8 Å². The molecule has 4 rings (SSSR count). The second-order valence-electron chi connectivity index (χ2n) is 7.08. The Labute approximate surface area is 159 Å². The predicted octanol–water partition coefficient (Wildman–Crippen LogP) is 4.27. The van der Waals surface area contributed by atoms with Gasteiger partial charge in [0.15, 0.2) is 5.54 Å². The summed E-state index contributed by atoms with van der Waals surface area (Å²) >= 11 is 0. The molecule has 28 heavy (non-hydrogen) atoms. The van der Waals surface area contributed by atoms with E-state index in [1.807, 2.05) is 0 Å². The number of rotatable bonds is 2. The van der Waals surface area contributed by atoms with E-state index in [1.54, 1.807) is 38.1 Å². The van der Waals surface area contributed by atoms with Gasteiger partial charge in [-0.25, -0.2) is 9.97 Å². The fraction of sp³-hybridized carbons (Fsp3) is 0.350. The lowest BCUT2D eigenvalue weighted by Gasteiger charge is -2.40. The van der Waals surface area contributed by atoms with Gasteiger partial charge in [-0.1, -0.05) is 18.2 Å². The first-order valence-electron chi connectivity index (χ1n) is 9.01. The number of likely N-dealkylation sites (tertiary alicyclic amines) is 1. The van der Waals surface area contributed by atoms with Crippen LogP contribution in [0.4, 0.5) is 13.2 Å². The third-order valence-corrected chi connectivity index (χ3v) is 5.46. The number of carbonyl (C=O) groups excluding carboxylic acids is 1. The van der Waals surface area contributed by atoms with Crippen LogP contribution in [0.5, 0.6) is 0 Å². The minimum absolute atomic E-state index is 0.0190. The molecule has 0 bridgehead atoms. The Bertz CT molecular complexity index is 1060. The van der Waals surface area contributed by atoms with Crippen LogP contribution in [-0.4, -0.2) is 38.5 Å². The number of amides is 1. The van der Waals surface area contributed by atoms with E-state index >= 15 is 0 Å². The van der Waals surface area contributed by atoms with Crippen molar-refractivity contribution < 1.29 is 18.0 Å². The molecule has 1 aliphatic rings. The van der Waals surface area contributed by atoms with E-state index in [1.165, 1.54) is 12.4 Å². The molecule has 1 N–H and O–H groups in total. The number of benzene rings is 1. The van der Waals surface area contributed by atoms with Gasteiger partial charge in [-0.2, -0.15) is 13.2 Å². The van der Waals surface area contributed by atoms with Crippen molar-refractivity contribution in [2.75, 3.05) is 6.54 Å². The largest absolute Gasteiger partial charge is 0.416 e. The number of para-hydroxylation sites is 1. The van der Waals surface area contributed by atoms with Crippen molar-refractivity contribution in [3.05, 3.63) is 59.3 Å². The average Bonchev–Trinajstić information content (AvgIpc) is 3.25. The summed E-state index contributed by atoms with van der Waals surface area (Å²) in [5.41, 5.74) is -1.23. The highest BCUT2D eigenvalue weighted by Gasteiger charge is 2.63. The summed E-state index contributed by atoms with van der Waals surface area (Å²) < 4.78 is 43.7. The summed E-state index contributed by atoms with van der Waals surface area (Å²) in [7, 11) is 0. The third-order valence-electron chi connectivity index (χ3n) is 5.46. The molecule has 1 atom stereocenters. The minimum Gasteiger partial charge on any atom is -0.361 e. The number of hydrogen-bond acceptors (Lipinski definition) is 3. The minimum atomic E-state index is -4.64. The number of H-pyrrole nitrogens is 1. The molecular weight excluding hydrogens is 369 g/mol. The molecular formula is C20H19F3N4O. The lowest BCUT2D eigenvalue weighted by atomic mass is 9.85. The Hall–Kier alpha value is -2.90. The highest BCUT2D eigenvalue weighted by molar-refractivity contribution is 5.96. The van der Waals surface area contributed by atoms with Crippen LogP contribution in [-0.2, 0) is 5.54 Å². The van der Waals surface area contributed by atoms with Crippen molar-refractivity contribution in [1.82, 2.24) is 19.9 Å². The van der Waals surface area contributed by atoms with Crippen LogP contribution in [0.2, 0.25) is 0 Å². The molecule has 3 aromatic rings. The summed E-state index contributed by atoms with van der Waals surface area (Å²) in [5.74, 6) is -0.230. The van der Waals surface area contributed by atoms with E-state index in [0.717, 1.165) is 4.90 Å². The zero-order valence-corrected chi connectivity index (χ0v) is 15.5. The van der Waals surface area contributed by atoms with Gasteiger partial charge in [0, 0.05) is 35.4 Å². The first kappa shape index (κ1) is 18.5.